The van der Waals surface area contributed by atoms with E-state index in [1.54, 1.807) is 10.9 Å². The molecule has 28 heavy (non-hydrogen) atoms. The Kier molecular flexibility index (Phi) is 2.98. The van der Waals surface area contributed by atoms with Gasteiger partial charge >= 0.3 is 0 Å². The predicted molar refractivity (Wildman–Crippen MR) is 119 cm³/mol. The van der Waals surface area contributed by atoms with Crippen molar-refractivity contribution in [3.8, 4) is 0 Å². The molecule has 0 amide bonds. The molecule has 140 valence electrons. The van der Waals surface area contributed by atoms with E-state index in [2.05, 4.69) is 62.4 Å². The summed E-state index contributed by atoms with van der Waals surface area (Å²) in [4.78, 5) is 0. The van der Waals surface area contributed by atoms with Gasteiger partial charge < -0.3 is 0 Å². The van der Waals surface area contributed by atoms with Gasteiger partial charge in [0, 0.05) is 0 Å². The molecule has 2 bridgehead atoms. The van der Waals surface area contributed by atoms with Crippen molar-refractivity contribution in [2.45, 2.75) is 45.4 Å². The lowest BCUT2D eigenvalue weighted by atomic mass is 9.71. The minimum Gasteiger partial charge on any atom is -0.0625 e. The van der Waals surface area contributed by atoms with Gasteiger partial charge in [-0.2, -0.15) is 0 Å². The zero-order chi connectivity index (χ0) is 18.6. The van der Waals surface area contributed by atoms with Crippen molar-refractivity contribution < 1.29 is 0 Å². The first kappa shape index (κ1) is 15.8. The van der Waals surface area contributed by atoms with E-state index in [1.165, 1.54) is 58.2 Å². The van der Waals surface area contributed by atoms with Crippen LogP contribution in [0.25, 0.3) is 32.3 Å². The van der Waals surface area contributed by atoms with Crippen LogP contribution in [0.5, 0.6) is 0 Å². The summed E-state index contributed by atoms with van der Waals surface area (Å²) in [5.41, 5.74) is 3.09. The lowest BCUT2D eigenvalue weighted by molar-refractivity contribution is 0.233. The molecule has 6 unspecified atom stereocenters. The maximum atomic E-state index is 2.58. The zero-order valence-corrected chi connectivity index (χ0v) is 16.9. The maximum Gasteiger partial charge on any atom is -0.00213 e. The van der Waals surface area contributed by atoms with E-state index in [0.29, 0.717) is 0 Å². The van der Waals surface area contributed by atoms with Crippen LogP contribution in [0.15, 0.2) is 48.5 Å². The summed E-state index contributed by atoms with van der Waals surface area (Å²) in [6.45, 7) is 4.78. The van der Waals surface area contributed by atoms with E-state index < -0.39 is 0 Å². The summed E-state index contributed by atoms with van der Waals surface area (Å²) < 4.78 is 0. The van der Waals surface area contributed by atoms with E-state index in [1.807, 2.05) is 0 Å². The predicted octanol–water partition coefficient (Wildman–Crippen LogP) is 7.68. The number of benzene rings is 4. The highest BCUT2D eigenvalue weighted by molar-refractivity contribution is 6.24. The minimum absolute atomic E-state index is 0.783. The largest absolute Gasteiger partial charge is 0.0625 e. The summed E-state index contributed by atoms with van der Waals surface area (Å²) in [5, 5.41) is 8.88. The first-order valence-corrected chi connectivity index (χ1v) is 11.4. The fourth-order valence-electron chi connectivity index (χ4n) is 8.07. The first-order valence-electron chi connectivity index (χ1n) is 11.4. The molecule has 0 heterocycles. The van der Waals surface area contributed by atoms with Gasteiger partial charge in [-0.3, -0.25) is 0 Å². The highest BCUT2D eigenvalue weighted by atomic mass is 14.6. The smallest absolute Gasteiger partial charge is 0.00213 e. The molecule has 3 fully saturated rings. The third kappa shape index (κ3) is 1.87. The van der Waals surface area contributed by atoms with Gasteiger partial charge in [0.2, 0.25) is 0 Å². The Balaban J connectivity index is 1.50. The van der Waals surface area contributed by atoms with Crippen LogP contribution in [0.1, 0.15) is 49.7 Å². The number of hydrogen-bond acceptors (Lipinski definition) is 0. The molecular weight excluding hydrogens is 336 g/mol. The lowest BCUT2D eigenvalue weighted by Gasteiger charge is -2.33. The quantitative estimate of drug-likeness (QED) is 0.304. The van der Waals surface area contributed by atoms with Gasteiger partial charge in [0.15, 0.2) is 0 Å². The van der Waals surface area contributed by atoms with Crippen LogP contribution in [-0.2, 0) is 0 Å². The van der Waals surface area contributed by atoms with E-state index >= 15 is 0 Å². The maximum absolute atomic E-state index is 2.58. The summed E-state index contributed by atoms with van der Waals surface area (Å²) in [6, 6.07) is 18.9. The Bertz CT molecular complexity index is 1230. The average molecular weight is 365 g/mol. The standard InChI is InChI=1S/C28H28/c1-15-9-22-19-13-25(23(22)10-15)26(14-19)24-12-18-6-3-5-17-11-16(2)20-7-4-8-21(24)28(20)27(17)18/h3-8,11-12,15,19,22-23,25-26H,9-10,13-14H2,1-2H3. The van der Waals surface area contributed by atoms with Crippen LogP contribution in [0, 0.1) is 36.5 Å². The molecule has 0 heteroatoms. The molecule has 3 aliphatic carbocycles. The average Bonchev–Trinajstić information content (AvgIpc) is 3.37. The van der Waals surface area contributed by atoms with Gasteiger partial charge in [-0.25, -0.2) is 0 Å². The molecule has 7 rings (SSSR count). The Morgan fingerprint density at radius 3 is 2.36 bits per heavy atom. The fraction of sp³-hybridized carbons (Fsp3) is 0.429. The monoisotopic (exact) mass is 364 g/mol. The normalized spacial score (nSPS) is 34.2. The van der Waals surface area contributed by atoms with Crippen LogP contribution in [0.3, 0.4) is 0 Å². The van der Waals surface area contributed by atoms with Crippen LogP contribution in [0.4, 0.5) is 0 Å². The molecule has 0 nitrogen and oxygen atoms in total. The number of rotatable bonds is 1. The van der Waals surface area contributed by atoms with E-state index in [-0.39, 0.29) is 0 Å². The van der Waals surface area contributed by atoms with E-state index in [0.717, 1.165) is 35.5 Å². The second-order valence-corrected chi connectivity index (χ2v) is 10.4. The number of hydrogen-bond donors (Lipinski definition) is 0. The molecule has 4 aromatic rings. The highest BCUT2D eigenvalue weighted by Gasteiger charge is 2.55. The zero-order valence-electron chi connectivity index (χ0n) is 16.9. The van der Waals surface area contributed by atoms with Gasteiger partial charge in [0.1, 0.15) is 0 Å². The highest BCUT2D eigenvalue weighted by Crippen LogP contribution is 2.65. The van der Waals surface area contributed by atoms with Crippen LogP contribution in [-0.4, -0.2) is 0 Å². The molecule has 3 saturated carbocycles. The number of aryl methyl sites for hydroxylation is 1. The second-order valence-electron chi connectivity index (χ2n) is 10.4. The second kappa shape index (κ2) is 5.29. The Labute approximate surface area is 167 Å². The Morgan fingerprint density at radius 1 is 0.714 bits per heavy atom. The Hall–Kier alpha value is -2.08. The van der Waals surface area contributed by atoms with Crippen molar-refractivity contribution in [2.24, 2.45) is 29.6 Å². The van der Waals surface area contributed by atoms with Crippen LogP contribution < -0.4 is 0 Å². The summed E-state index contributed by atoms with van der Waals surface area (Å²) in [6.07, 6.45) is 5.95. The van der Waals surface area contributed by atoms with Crippen molar-refractivity contribution >= 4 is 32.3 Å². The van der Waals surface area contributed by atoms with Gasteiger partial charge in [-0.1, -0.05) is 55.5 Å². The third-order valence-electron chi connectivity index (χ3n) is 8.96. The topological polar surface area (TPSA) is 0 Å². The molecule has 3 aliphatic rings. The molecular formula is C28H28. The number of fused-ring (bicyclic) bond motifs is 5. The molecule has 0 spiro atoms. The molecule has 0 aromatic heterocycles. The molecule has 0 N–H and O–H groups in total. The lowest BCUT2D eigenvalue weighted by Crippen LogP contribution is -2.23. The minimum atomic E-state index is 0.783. The SMILES string of the molecule is Cc1cc2cccc3cc(C4CC5CC4C4CC(C)CC54)c4cccc1c4c23. The molecule has 0 radical (unpaired) electrons. The fourth-order valence-corrected chi connectivity index (χ4v) is 8.07. The first-order chi connectivity index (χ1) is 13.7. The van der Waals surface area contributed by atoms with Crippen molar-refractivity contribution in [3.05, 3.63) is 59.7 Å². The molecule has 6 atom stereocenters. The van der Waals surface area contributed by atoms with Crippen LogP contribution >= 0.6 is 0 Å². The summed E-state index contributed by atoms with van der Waals surface area (Å²) in [5.74, 6) is 5.74. The van der Waals surface area contributed by atoms with Gasteiger partial charge in [-0.15, -0.1) is 0 Å². The van der Waals surface area contributed by atoms with Gasteiger partial charge in [0.25, 0.3) is 0 Å². The summed E-state index contributed by atoms with van der Waals surface area (Å²) in [7, 11) is 0. The third-order valence-corrected chi connectivity index (χ3v) is 8.96. The summed E-state index contributed by atoms with van der Waals surface area (Å²) >= 11 is 0. The van der Waals surface area contributed by atoms with E-state index in [4.69, 9.17) is 0 Å². The van der Waals surface area contributed by atoms with E-state index in [9.17, 15) is 0 Å². The van der Waals surface area contributed by atoms with Crippen molar-refractivity contribution in [1.29, 1.82) is 0 Å². The van der Waals surface area contributed by atoms with Gasteiger partial charge in [0.05, 0.1) is 0 Å². The van der Waals surface area contributed by atoms with Crippen molar-refractivity contribution in [3.63, 3.8) is 0 Å². The molecule has 4 aromatic carbocycles. The Morgan fingerprint density at radius 2 is 1.46 bits per heavy atom. The molecule has 0 aliphatic heterocycles. The van der Waals surface area contributed by atoms with Crippen LogP contribution in [0.2, 0.25) is 0 Å². The van der Waals surface area contributed by atoms with Gasteiger partial charge in [-0.05, 0) is 112 Å². The molecule has 0 saturated heterocycles. The van der Waals surface area contributed by atoms with Crippen molar-refractivity contribution in [2.75, 3.05) is 0 Å². The van der Waals surface area contributed by atoms with Crippen molar-refractivity contribution in [1.82, 2.24) is 0 Å².